The molecule has 2 N–H and O–H groups in total. The number of anilines is 1. The SMILES string of the molecule is Nc1c(P)nc(-c2ccc(C(F)(F)F)nc2)nc1C(F)(F)F. The van der Waals surface area contributed by atoms with E-state index in [1.165, 1.54) is 0 Å². The lowest BCUT2D eigenvalue weighted by Crippen LogP contribution is -2.20. The summed E-state index contributed by atoms with van der Waals surface area (Å²) < 4.78 is 75.6. The third-order valence-electron chi connectivity index (χ3n) is 2.56. The lowest BCUT2D eigenvalue weighted by atomic mass is 10.2. The maximum atomic E-state index is 12.8. The number of hydrogen-bond donors (Lipinski definition) is 1. The van der Waals surface area contributed by atoms with Crippen LogP contribution in [0.5, 0.6) is 0 Å². The average Bonchev–Trinajstić information content (AvgIpc) is 2.39. The molecule has 118 valence electrons. The van der Waals surface area contributed by atoms with Gasteiger partial charge in [0, 0.05) is 11.8 Å². The smallest absolute Gasteiger partial charge is 0.395 e. The van der Waals surface area contributed by atoms with Crippen molar-refractivity contribution in [1.29, 1.82) is 0 Å². The molecule has 0 radical (unpaired) electrons. The lowest BCUT2D eigenvalue weighted by molar-refractivity contribution is -0.141. The van der Waals surface area contributed by atoms with Gasteiger partial charge in [0.25, 0.3) is 0 Å². The van der Waals surface area contributed by atoms with Crippen LogP contribution in [0, 0.1) is 0 Å². The van der Waals surface area contributed by atoms with E-state index in [1.54, 1.807) is 0 Å². The maximum absolute atomic E-state index is 12.8. The van der Waals surface area contributed by atoms with Gasteiger partial charge in [-0.15, -0.1) is 0 Å². The van der Waals surface area contributed by atoms with E-state index in [1.807, 2.05) is 9.24 Å². The zero-order chi connectivity index (χ0) is 16.7. The molecular weight excluding hydrogens is 333 g/mol. The summed E-state index contributed by atoms with van der Waals surface area (Å²) in [6.07, 6.45) is -8.71. The van der Waals surface area contributed by atoms with Gasteiger partial charge in [0.1, 0.15) is 5.69 Å². The summed E-state index contributed by atoms with van der Waals surface area (Å²) >= 11 is 0. The molecule has 0 amide bonds. The van der Waals surface area contributed by atoms with Gasteiger partial charge in [0.15, 0.2) is 11.5 Å². The number of hydrogen-bond acceptors (Lipinski definition) is 4. The number of aromatic nitrogens is 3. The highest BCUT2D eigenvalue weighted by Gasteiger charge is 2.37. The standard InChI is InChI=1S/C11H7F6N4P/c12-10(13,14)5-2-1-4(3-19-5)8-20-7(11(15,16)17)6(18)9(22)21-8/h1-3H,18,22H2. The Bertz CT molecular complexity index is 695. The van der Waals surface area contributed by atoms with Crippen LogP contribution in [0.2, 0.25) is 0 Å². The molecule has 0 aliphatic carbocycles. The second-order valence-corrected chi connectivity index (χ2v) is 4.67. The van der Waals surface area contributed by atoms with Gasteiger partial charge in [0.05, 0.1) is 11.1 Å². The second-order valence-electron chi connectivity index (χ2n) is 4.12. The van der Waals surface area contributed by atoms with Crippen molar-refractivity contribution >= 4 is 20.4 Å². The van der Waals surface area contributed by atoms with Crippen molar-refractivity contribution in [3.05, 3.63) is 29.7 Å². The summed E-state index contributed by atoms with van der Waals surface area (Å²) in [7, 11) is 1.92. The first-order valence-electron chi connectivity index (χ1n) is 5.54. The molecule has 4 nitrogen and oxygen atoms in total. The Hall–Kier alpha value is -1.96. The Morgan fingerprint density at radius 1 is 0.955 bits per heavy atom. The second kappa shape index (κ2) is 5.35. The van der Waals surface area contributed by atoms with Gasteiger partial charge in [-0.1, -0.05) is 9.24 Å². The van der Waals surface area contributed by atoms with Gasteiger partial charge < -0.3 is 5.73 Å². The number of alkyl halides is 6. The monoisotopic (exact) mass is 340 g/mol. The first kappa shape index (κ1) is 16.4. The molecule has 2 aromatic rings. The van der Waals surface area contributed by atoms with Gasteiger partial charge in [-0.25, -0.2) is 9.97 Å². The van der Waals surface area contributed by atoms with Crippen molar-refractivity contribution in [2.24, 2.45) is 0 Å². The normalized spacial score (nSPS) is 12.5. The van der Waals surface area contributed by atoms with E-state index in [4.69, 9.17) is 5.73 Å². The van der Waals surface area contributed by atoms with E-state index in [0.29, 0.717) is 6.07 Å². The van der Waals surface area contributed by atoms with E-state index in [-0.39, 0.29) is 11.0 Å². The third-order valence-corrected chi connectivity index (χ3v) is 3.00. The number of pyridine rings is 1. The summed E-state index contributed by atoms with van der Waals surface area (Å²) in [5.74, 6) is -0.423. The maximum Gasteiger partial charge on any atom is 0.435 e. The molecule has 2 aromatic heterocycles. The molecule has 2 rings (SSSR count). The summed E-state index contributed by atoms with van der Waals surface area (Å²) in [6, 6.07) is 1.57. The van der Waals surface area contributed by atoms with Crippen LogP contribution in [0.3, 0.4) is 0 Å². The minimum Gasteiger partial charge on any atom is -0.395 e. The number of nitrogen functional groups attached to an aromatic ring is 1. The van der Waals surface area contributed by atoms with Crippen LogP contribution in [0.25, 0.3) is 11.4 Å². The minimum absolute atomic E-state index is 0.0952. The van der Waals surface area contributed by atoms with E-state index in [0.717, 1.165) is 12.3 Å². The van der Waals surface area contributed by atoms with Gasteiger partial charge >= 0.3 is 12.4 Å². The molecule has 0 saturated heterocycles. The van der Waals surface area contributed by atoms with Crippen molar-refractivity contribution in [1.82, 2.24) is 15.0 Å². The van der Waals surface area contributed by atoms with Crippen LogP contribution >= 0.6 is 9.24 Å². The quantitative estimate of drug-likeness (QED) is 0.640. The highest BCUT2D eigenvalue weighted by atomic mass is 31.0. The molecule has 0 aliphatic heterocycles. The topological polar surface area (TPSA) is 64.7 Å². The number of nitrogens with zero attached hydrogens (tertiary/aromatic N) is 3. The molecule has 0 spiro atoms. The zero-order valence-electron chi connectivity index (χ0n) is 10.5. The molecule has 1 unspecified atom stereocenters. The van der Waals surface area contributed by atoms with Gasteiger partial charge in [0.2, 0.25) is 0 Å². The van der Waals surface area contributed by atoms with Crippen LogP contribution in [0.1, 0.15) is 11.4 Å². The van der Waals surface area contributed by atoms with Crippen molar-refractivity contribution in [3.63, 3.8) is 0 Å². The van der Waals surface area contributed by atoms with Crippen molar-refractivity contribution in [3.8, 4) is 11.4 Å². The fraction of sp³-hybridized carbons (Fsp3) is 0.182. The number of halogens is 6. The Morgan fingerprint density at radius 3 is 2.05 bits per heavy atom. The summed E-state index contributed by atoms with van der Waals surface area (Å²) in [6.45, 7) is 0. The number of rotatable bonds is 1. The minimum atomic E-state index is -4.81. The average molecular weight is 340 g/mol. The lowest BCUT2D eigenvalue weighted by Gasteiger charge is -2.12. The molecule has 2 heterocycles. The summed E-state index contributed by atoms with van der Waals surface area (Å²) in [5.41, 5.74) is 1.76. The van der Waals surface area contributed by atoms with Crippen LogP contribution in [-0.2, 0) is 12.4 Å². The van der Waals surface area contributed by atoms with Crippen molar-refractivity contribution in [2.45, 2.75) is 12.4 Å². The Kier molecular flexibility index (Phi) is 3.99. The largest absolute Gasteiger partial charge is 0.435 e. The summed E-state index contributed by atoms with van der Waals surface area (Å²) in [5, 5.41) is 0. The first-order chi connectivity index (χ1) is 10.00. The number of nitrogens with two attached hydrogens (primary N) is 1. The predicted octanol–water partition coefficient (Wildman–Crippen LogP) is 2.66. The zero-order valence-corrected chi connectivity index (χ0v) is 11.7. The molecule has 0 aliphatic rings. The predicted molar refractivity (Wildman–Crippen MR) is 69.0 cm³/mol. The molecule has 1 atom stereocenters. The van der Waals surface area contributed by atoms with Crippen LogP contribution in [-0.4, -0.2) is 15.0 Å². The first-order valence-corrected chi connectivity index (χ1v) is 6.11. The summed E-state index contributed by atoms with van der Waals surface area (Å²) in [4.78, 5) is 10.1. The molecule has 11 heteroatoms. The Labute approximate surface area is 122 Å². The molecule has 0 bridgehead atoms. The van der Waals surface area contributed by atoms with Crippen LogP contribution in [0.15, 0.2) is 18.3 Å². The van der Waals surface area contributed by atoms with E-state index in [2.05, 4.69) is 15.0 Å². The molecule has 0 saturated carbocycles. The fourth-order valence-electron chi connectivity index (χ4n) is 1.53. The Balaban J connectivity index is 2.52. The van der Waals surface area contributed by atoms with E-state index >= 15 is 0 Å². The molecule has 0 fully saturated rings. The van der Waals surface area contributed by atoms with Crippen LogP contribution in [0.4, 0.5) is 32.0 Å². The van der Waals surface area contributed by atoms with Crippen molar-refractivity contribution < 1.29 is 26.3 Å². The van der Waals surface area contributed by atoms with Gasteiger partial charge in [-0.3, -0.25) is 4.98 Å². The molecular formula is C11H7F6N4P. The highest BCUT2D eigenvalue weighted by molar-refractivity contribution is 7.27. The third kappa shape index (κ3) is 3.27. The van der Waals surface area contributed by atoms with Crippen LogP contribution < -0.4 is 11.2 Å². The Morgan fingerprint density at radius 2 is 1.59 bits per heavy atom. The van der Waals surface area contributed by atoms with Gasteiger partial charge in [-0.05, 0) is 12.1 Å². The van der Waals surface area contributed by atoms with E-state index < -0.39 is 35.3 Å². The highest BCUT2D eigenvalue weighted by Crippen LogP contribution is 2.33. The van der Waals surface area contributed by atoms with Gasteiger partial charge in [-0.2, -0.15) is 26.3 Å². The van der Waals surface area contributed by atoms with E-state index in [9.17, 15) is 26.3 Å². The fourth-order valence-corrected chi connectivity index (χ4v) is 1.78. The molecule has 0 aromatic carbocycles. The van der Waals surface area contributed by atoms with Crippen molar-refractivity contribution in [2.75, 3.05) is 5.73 Å². The molecule has 22 heavy (non-hydrogen) atoms.